The molecule has 0 amide bonds. The van der Waals surface area contributed by atoms with Gasteiger partial charge in [0.1, 0.15) is 11.5 Å². The Kier molecular flexibility index (Phi) is 6.11. The van der Waals surface area contributed by atoms with Gasteiger partial charge in [-0.05, 0) is 42.8 Å². The number of nitrogens with two attached hydrogens (primary N) is 1. The average Bonchev–Trinajstić information content (AvgIpc) is 2.98. The summed E-state index contributed by atoms with van der Waals surface area (Å²) in [6.07, 6.45) is 0.687. The van der Waals surface area contributed by atoms with E-state index in [1.807, 2.05) is 12.1 Å². The molecular weight excluding hydrogens is 371 g/mol. The van der Waals surface area contributed by atoms with E-state index in [1.54, 1.807) is 24.3 Å². The fourth-order valence-corrected chi connectivity index (χ4v) is 4.14. The van der Waals surface area contributed by atoms with Crippen LogP contribution in [0.5, 0.6) is 11.5 Å². The van der Waals surface area contributed by atoms with E-state index in [9.17, 15) is 8.42 Å². The highest BCUT2D eigenvalue weighted by Crippen LogP contribution is 2.30. The van der Waals surface area contributed by atoms with Crippen LogP contribution in [-0.2, 0) is 10.0 Å². The maximum absolute atomic E-state index is 12.5. The second-order valence-corrected chi connectivity index (χ2v) is 7.76. The van der Waals surface area contributed by atoms with Crippen molar-refractivity contribution in [2.75, 3.05) is 13.1 Å². The maximum atomic E-state index is 12.5. The lowest BCUT2D eigenvalue weighted by Gasteiger charge is -2.16. The lowest BCUT2D eigenvalue weighted by atomic mass is 10.3. The summed E-state index contributed by atoms with van der Waals surface area (Å²) in [5, 5.41) is 0.496. The maximum Gasteiger partial charge on any atom is 0.243 e. The summed E-state index contributed by atoms with van der Waals surface area (Å²) in [4.78, 5) is 0.234. The van der Waals surface area contributed by atoms with E-state index in [1.165, 1.54) is 16.4 Å². The van der Waals surface area contributed by atoms with Crippen LogP contribution in [0, 0.1) is 0 Å². The Morgan fingerprint density at radius 2 is 1.79 bits per heavy atom. The molecular formula is C16H18Cl2N2O3S. The van der Waals surface area contributed by atoms with E-state index < -0.39 is 10.0 Å². The Labute approximate surface area is 152 Å². The number of sulfonamides is 1. The first-order valence-electron chi connectivity index (χ1n) is 7.25. The number of nitrogens with zero attached hydrogens (tertiary/aromatic N) is 1. The van der Waals surface area contributed by atoms with Gasteiger partial charge in [-0.3, -0.25) is 0 Å². The first-order valence-corrected chi connectivity index (χ1v) is 9.07. The molecule has 0 spiro atoms. The minimum absolute atomic E-state index is 0. The van der Waals surface area contributed by atoms with E-state index in [4.69, 9.17) is 22.1 Å². The number of halogens is 2. The van der Waals surface area contributed by atoms with Gasteiger partial charge in [0.15, 0.2) is 0 Å². The second-order valence-electron chi connectivity index (χ2n) is 5.42. The molecule has 0 aliphatic carbocycles. The van der Waals surface area contributed by atoms with E-state index in [2.05, 4.69) is 0 Å². The molecule has 1 aliphatic rings. The summed E-state index contributed by atoms with van der Waals surface area (Å²) in [6.45, 7) is 0.821. The smallest absolute Gasteiger partial charge is 0.243 e. The van der Waals surface area contributed by atoms with Gasteiger partial charge in [0.25, 0.3) is 0 Å². The van der Waals surface area contributed by atoms with Crippen LogP contribution in [0.25, 0.3) is 0 Å². The first kappa shape index (κ1) is 19.0. The quantitative estimate of drug-likeness (QED) is 0.871. The van der Waals surface area contributed by atoms with Crippen LogP contribution < -0.4 is 10.5 Å². The van der Waals surface area contributed by atoms with Crippen molar-refractivity contribution < 1.29 is 13.2 Å². The molecule has 24 heavy (non-hydrogen) atoms. The van der Waals surface area contributed by atoms with E-state index in [-0.39, 0.29) is 23.3 Å². The SMILES string of the molecule is Cl.N[C@@H]1CCN(S(=O)(=O)c2ccc(Oc3ccccc3Cl)cc2)C1. The van der Waals surface area contributed by atoms with Crippen LogP contribution in [-0.4, -0.2) is 31.9 Å². The van der Waals surface area contributed by atoms with Crippen molar-refractivity contribution in [3.8, 4) is 11.5 Å². The Balaban J connectivity index is 0.00000208. The van der Waals surface area contributed by atoms with Crippen LogP contribution in [0.3, 0.4) is 0 Å². The lowest BCUT2D eigenvalue weighted by Crippen LogP contribution is -2.31. The monoisotopic (exact) mass is 388 g/mol. The lowest BCUT2D eigenvalue weighted by molar-refractivity contribution is 0.471. The summed E-state index contributed by atoms with van der Waals surface area (Å²) in [6, 6.07) is 13.3. The van der Waals surface area contributed by atoms with Crippen molar-refractivity contribution in [1.29, 1.82) is 0 Å². The zero-order chi connectivity index (χ0) is 16.4. The molecule has 1 fully saturated rings. The Bertz CT molecular complexity index is 797. The van der Waals surface area contributed by atoms with Gasteiger partial charge in [-0.1, -0.05) is 23.7 Å². The zero-order valence-corrected chi connectivity index (χ0v) is 15.2. The number of ether oxygens (including phenoxy) is 1. The third-order valence-electron chi connectivity index (χ3n) is 3.71. The molecule has 3 rings (SSSR count). The summed E-state index contributed by atoms with van der Waals surface area (Å²) in [7, 11) is -3.50. The minimum atomic E-state index is -3.50. The standard InChI is InChI=1S/C16H17ClN2O3S.ClH/c17-15-3-1-2-4-16(15)22-13-5-7-14(8-6-13)23(20,21)19-10-9-12(18)11-19;/h1-8,12H,9-11,18H2;1H/t12-;/m1./s1. The largest absolute Gasteiger partial charge is 0.456 e. The summed E-state index contributed by atoms with van der Waals surface area (Å²) < 4.78 is 32.1. The van der Waals surface area contributed by atoms with E-state index >= 15 is 0 Å². The fourth-order valence-electron chi connectivity index (χ4n) is 2.46. The molecule has 2 aromatic rings. The van der Waals surface area contributed by atoms with Crippen LogP contribution >= 0.6 is 24.0 Å². The second kappa shape index (κ2) is 7.72. The highest BCUT2D eigenvalue weighted by molar-refractivity contribution is 7.89. The molecule has 2 N–H and O–H groups in total. The highest BCUT2D eigenvalue weighted by atomic mass is 35.5. The molecule has 1 saturated heterocycles. The third kappa shape index (κ3) is 4.02. The van der Waals surface area contributed by atoms with Gasteiger partial charge in [0.2, 0.25) is 10.0 Å². The molecule has 2 aromatic carbocycles. The minimum Gasteiger partial charge on any atom is -0.456 e. The van der Waals surface area contributed by atoms with Crippen molar-refractivity contribution in [3.63, 3.8) is 0 Å². The number of para-hydroxylation sites is 1. The van der Waals surface area contributed by atoms with Crippen molar-refractivity contribution in [3.05, 3.63) is 53.6 Å². The van der Waals surface area contributed by atoms with Crippen LogP contribution in [0.4, 0.5) is 0 Å². The molecule has 1 atom stereocenters. The molecule has 0 radical (unpaired) electrons. The molecule has 1 heterocycles. The predicted molar refractivity (Wildman–Crippen MR) is 96.6 cm³/mol. The Morgan fingerprint density at radius 3 is 2.38 bits per heavy atom. The van der Waals surface area contributed by atoms with Crippen LogP contribution in [0.2, 0.25) is 5.02 Å². The van der Waals surface area contributed by atoms with Gasteiger partial charge in [-0.15, -0.1) is 12.4 Å². The van der Waals surface area contributed by atoms with Crippen molar-refractivity contribution >= 4 is 34.0 Å². The van der Waals surface area contributed by atoms with Gasteiger partial charge in [0.05, 0.1) is 9.92 Å². The number of hydrogen-bond donors (Lipinski definition) is 1. The Morgan fingerprint density at radius 1 is 1.12 bits per heavy atom. The summed E-state index contributed by atoms with van der Waals surface area (Å²) in [5.74, 6) is 1.05. The van der Waals surface area contributed by atoms with Gasteiger partial charge in [0, 0.05) is 19.1 Å². The fraction of sp³-hybridized carbons (Fsp3) is 0.250. The molecule has 1 aliphatic heterocycles. The molecule has 8 heteroatoms. The van der Waals surface area contributed by atoms with Gasteiger partial charge < -0.3 is 10.5 Å². The third-order valence-corrected chi connectivity index (χ3v) is 5.91. The van der Waals surface area contributed by atoms with E-state index in [0.717, 1.165) is 0 Å². The zero-order valence-electron chi connectivity index (χ0n) is 12.8. The van der Waals surface area contributed by atoms with Crippen LogP contribution in [0.15, 0.2) is 53.4 Å². The number of rotatable bonds is 4. The number of benzene rings is 2. The molecule has 0 saturated carbocycles. The normalized spacial score (nSPS) is 18.2. The predicted octanol–water partition coefficient (Wildman–Crippen LogP) is 3.28. The van der Waals surface area contributed by atoms with Crippen molar-refractivity contribution in [2.45, 2.75) is 17.4 Å². The average molecular weight is 389 g/mol. The van der Waals surface area contributed by atoms with Crippen molar-refractivity contribution in [2.24, 2.45) is 5.73 Å². The highest BCUT2D eigenvalue weighted by Gasteiger charge is 2.30. The summed E-state index contributed by atoms with van der Waals surface area (Å²) in [5.41, 5.74) is 5.79. The molecule has 130 valence electrons. The molecule has 0 bridgehead atoms. The first-order chi connectivity index (χ1) is 11.0. The summed E-state index contributed by atoms with van der Waals surface area (Å²) >= 11 is 6.04. The van der Waals surface area contributed by atoms with Gasteiger partial charge in [-0.25, -0.2) is 8.42 Å². The molecule has 0 aromatic heterocycles. The van der Waals surface area contributed by atoms with Crippen molar-refractivity contribution in [1.82, 2.24) is 4.31 Å². The van der Waals surface area contributed by atoms with Crippen LogP contribution in [0.1, 0.15) is 6.42 Å². The van der Waals surface area contributed by atoms with Gasteiger partial charge >= 0.3 is 0 Å². The van der Waals surface area contributed by atoms with Gasteiger partial charge in [-0.2, -0.15) is 4.31 Å². The topological polar surface area (TPSA) is 72.6 Å². The molecule has 5 nitrogen and oxygen atoms in total. The number of hydrogen-bond acceptors (Lipinski definition) is 4. The Hall–Kier alpha value is -1.31. The molecule has 0 unspecified atom stereocenters. The van der Waals surface area contributed by atoms with E-state index in [0.29, 0.717) is 36.0 Å².